The normalized spacial score (nSPS) is 10.7. The second kappa shape index (κ2) is 10.5. The molecule has 0 unspecified atom stereocenters. The number of ether oxygens (including phenoxy) is 2. The number of nitro groups is 1. The van der Waals surface area contributed by atoms with Crippen molar-refractivity contribution in [3.63, 3.8) is 0 Å². The van der Waals surface area contributed by atoms with Gasteiger partial charge in [0.15, 0.2) is 6.73 Å². The molecule has 10 heteroatoms. The van der Waals surface area contributed by atoms with Crippen LogP contribution in [0.2, 0.25) is 5.02 Å². The summed E-state index contributed by atoms with van der Waals surface area (Å²) in [5, 5.41) is 18.8. The van der Waals surface area contributed by atoms with Crippen molar-refractivity contribution < 1.29 is 19.2 Å². The van der Waals surface area contributed by atoms with E-state index in [1.165, 1.54) is 35.1 Å². The first-order valence-corrected chi connectivity index (χ1v) is 11.3. The third kappa shape index (κ3) is 5.64. The zero-order chi connectivity index (χ0) is 25.8. The first kappa shape index (κ1) is 24.7. The number of rotatable bonds is 8. The maximum atomic E-state index is 13.0. The zero-order valence-electron chi connectivity index (χ0n) is 19.8. The summed E-state index contributed by atoms with van der Waals surface area (Å²) in [6.45, 7) is 5.76. The van der Waals surface area contributed by atoms with Crippen molar-refractivity contribution in [2.24, 2.45) is 0 Å². The van der Waals surface area contributed by atoms with E-state index in [-0.39, 0.29) is 29.5 Å². The Balaban J connectivity index is 1.56. The topological polar surface area (TPSA) is 109 Å². The van der Waals surface area contributed by atoms with Crippen molar-refractivity contribution in [1.82, 2.24) is 9.78 Å². The first-order chi connectivity index (χ1) is 17.2. The van der Waals surface area contributed by atoms with Gasteiger partial charge in [-0.15, -0.1) is 0 Å². The van der Waals surface area contributed by atoms with Crippen molar-refractivity contribution in [3.05, 3.63) is 104 Å². The molecule has 4 rings (SSSR count). The van der Waals surface area contributed by atoms with Gasteiger partial charge >= 0.3 is 0 Å². The Kier molecular flexibility index (Phi) is 7.21. The highest BCUT2D eigenvalue weighted by Crippen LogP contribution is 2.33. The molecule has 0 aliphatic rings. The molecule has 0 fully saturated rings. The van der Waals surface area contributed by atoms with E-state index in [0.717, 1.165) is 16.7 Å². The summed E-state index contributed by atoms with van der Waals surface area (Å²) in [5.41, 5.74) is 3.13. The minimum Gasteiger partial charge on any atom is -0.470 e. The predicted octanol–water partition coefficient (Wildman–Crippen LogP) is 6.45. The number of non-ortho nitro benzene ring substituents is 1. The molecule has 0 bridgehead atoms. The fraction of sp³-hybridized carbons (Fsp3) is 0.154. The number of nitrogens with one attached hydrogen (secondary N) is 1. The van der Waals surface area contributed by atoms with Crippen molar-refractivity contribution in [2.75, 3.05) is 5.32 Å². The molecule has 184 valence electrons. The number of amides is 1. The van der Waals surface area contributed by atoms with Gasteiger partial charge in [0.25, 0.3) is 11.6 Å². The highest BCUT2D eigenvalue weighted by Gasteiger charge is 2.17. The third-order valence-electron chi connectivity index (χ3n) is 5.48. The van der Waals surface area contributed by atoms with Gasteiger partial charge in [-0.2, -0.15) is 5.10 Å². The van der Waals surface area contributed by atoms with Crippen molar-refractivity contribution in [1.29, 1.82) is 0 Å². The van der Waals surface area contributed by atoms with E-state index < -0.39 is 10.8 Å². The highest BCUT2D eigenvalue weighted by molar-refractivity contribution is 6.32. The molecule has 0 aliphatic carbocycles. The van der Waals surface area contributed by atoms with Crippen molar-refractivity contribution >= 4 is 28.9 Å². The Morgan fingerprint density at radius 3 is 2.61 bits per heavy atom. The lowest BCUT2D eigenvalue weighted by Gasteiger charge is -2.14. The molecule has 4 aromatic rings. The maximum Gasteiger partial charge on any atom is 0.275 e. The smallest absolute Gasteiger partial charge is 0.275 e. The van der Waals surface area contributed by atoms with E-state index in [2.05, 4.69) is 10.4 Å². The molecule has 1 aromatic heterocycles. The number of halogens is 1. The SMILES string of the molecule is Cc1cc(C)c(C)c(Oc2cc(NC(=O)c3ccnn3COc3ccccc3Cl)cc([N+](=O)[O-])c2)c1. The molecule has 1 heterocycles. The van der Waals surface area contributed by atoms with Crippen LogP contribution >= 0.6 is 11.6 Å². The number of anilines is 1. The van der Waals surface area contributed by atoms with Gasteiger partial charge in [-0.3, -0.25) is 14.9 Å². The minimum atomic E-state index is -0.543. The molecule has 3 aromatic carbocycles. The molecule has 0 radical (unpaired) electrons. The van der Waals surface area contributed by atoms with Gasteiger partial charge < -0.3 is 14.8 Å². The number of para-hydroxylation sites is 1. The molecule has 1 amide bonds. The second-order valence-corrected chi connectivity index (χ2v) is 8.56. The number of hydrogen-bond acceptors (Lipinski definition) is 6. The van der Waals surface area contributed by atoms with Crippen LogP contribution in [0.4, 0.5) is 11.4 Å². The number of benzene rings is 3. The summed E-state index contributed by atoms with van der Waals surface area (Å²) in [7, 11) is 0. The van der Waals surface area contributed by atoms with Gasteiger partial charge in [-0.05, 0) is 61.7 Å². The quantitative estimate of drug-likeness (QED) is 0.217. The molecule has 36 heavy (non-hydrogen) atoms. The van der Waals surface area contributed by atoms with Crippen LogP contribution in [0.5, 0.6) is 17.2 Å². The van der Waals surface area contributed by atoms with Gasteiger partial charge in [-0.1, -0.05) is 29.8 Å². The van der Waals surface area contributed by atoms with Crippen LogP contribution in [0.1, 0.15) is 27.2 Å². The van der Waals surface area contributed by atoms with Gasteiger partial charge in [0.2, 0.25) is 0 Å². The molecular formula is C26H23ClN4O5. The lowest BCUT2D eigenvalue weighted by molar-refractivity contribution is -0.384. The maximum absolute atomic E-state index is 13.0. The molecule has 0 spiro atoms. The summed E-state index contributed by atoms with van der Waals surface area (Å²) in [6, 6.07) is 16.5. The predicted molar refractivity (Wildman–Crippen MR) is 136 cm³/mol. The Hall–Kier alpha value is -4.37. The van der Waals surface area contributed by atoms with E-state index in [9.17, 15) is 14.9 Å². The van der Waals surface area contributed by atoms with Gasteiger partial charge in [0, 0.05) is 18.3 Å². The standard InChI is InChI=1S/C26H23ClN4O5/c1-16-10-17(2)18(3)25(11-16)36-21-13-19(12-20(14-21)31(33)34)29-26(32)23-8-9-28-30(23)15-35-24-7-5-4-6-22(24)27/h4-14H,15H2,1-3H3,(H,29,32). The Labute approximate surface area is 212 Å². The van der Waals surface area contributed by atoms with E-state index in [1.54, 1.807) is 24.3 Å². The van der Waals surface area contributed by atoms with Gasteiger partial charge in [-0.25, -0.2) is 4.68 Å². The van der Waals surface area contributed by atoms with Gasteiger partial charge in [0.1, 0.15) is 22.9 Å². The Bertz CT molecular complexity index is 1450. The van der Waals surface area contributed by atoms with Crippen molar-refractivity contribution in [3.8, 4) is 17.2 Å². The van der Waals surface area contributed by atoms with Crippen LogP contribution in [-0.4, -0.2) is 20.6 Å². The summed E-state index contributed by atoms with van der Waals surface area (Å²) in [4.78, 5) is 24.0. The van der Waals surface area contributed by atoms with E-state index in [4.69, 9.17) is 21.1 Å². The Morgan fingerprint density at radius 2 is 1.86 bits per heavy atom. The highest BCUT2D eigenvalue weighted by atomic mass is 35.5. The van der Waals surface area contributed by atoms with Crippen LogP contribution in [0.3, 0.4) is 0 Å². The molecule has 0 aliphatic heterocycles. The van der Waals surface area contributed by atoms with Crippen molar-refractivity contribution in [2.45, 2.75) is 27.5 Å². The number of nitrogens with zero attached hydrogens (tertiary/aromatic N) is 3. The monoisotopic (exact) mass is 506 g/mol. The fourth-order valence-electron chi connectivity index (χ4n) is 3.57. The number of nitro benzene ring substituents is 1. The number of aromatic nitrogens is 2. The van der Waals surface area contributed by atoms with Gasteiger partial charge in [0.05, 0.1) is 21.7 Å². The summed E-state index contributed by atoms with van der Waals surface area (Å²) in [6.07, 6.45) is 1.45. The summed E-state index contributed by atoms with van der Waals surface area (Å²) >= 11 is 6.11. The zero-order valence-corrected chi connectivity index (χ0v) is 20.6. The first-order valence-electron chi connectivity index (χ1n) is 11.0. The molecule has 1 N–H and O–H groups in total. The van der Waals surface area contributed by atoms with Crippen LogP contribution in [0.25, 0.3) is 0 Å². The summed E-state index contributed by atoms with van der Waals surface area (Å²) in [5.74, 6) is 0.732. The fourth-order valence-corrected chi connectivity index (χ4v) is 3.76. The lowest BCUT2D eigenvalue weighted by atomic mass is 10.1. The number of aryl methyl sites for hydroxylation is 2. The third-order valence-corrected chi connectivity index (χ3v) is 5.79. The average molecular weight is 507 g/mol. The molecule has 0 saturated heterocycles. The molecule has 0 saturated carbocycles. The van der Waals surface area contributed by atoms with Crippen LogP contribution in [0, 0.1) is 30.9 Å². The molecule has 0 atom stereocenters. The molecular weight excluding hydrogens is 484 g/mol. The van der Waals surface area contributed by atoms with E-state index in [0.29, 0.717) is 16.5 Å². The summed E-state index contributed by atoms with van der Waals surface area (Å²) < 4.78 is 13.0. The number of carbonyl (C=O) groups excluding carboxylic acids is 1. The van der Waals surface area contributed by atoms with E-state index >= 15 is 0 Å². The van der Waals surface area contributed by atoms with Crippen LogP contribution in [-0.2, 0) is 6.73 Å². The largest absolute Gasteiger partial charge is 0.470 e. The minimum absolute atomic E-state index is 0.0607. The van der Waals surface area contributed by atoms with Crippen LogP contribution < -0.4 is 14.8 Å². The second-order valence-electron chi connectivity index (χ2n) is 8.15. The lowest BCUT2D eigenvalue weighted by Crippen LogP contribution is -2.19. The van der Waals surface area contributed by atoms with E-state index in [1.807, 2.05) is 32.9 Å². The number of carbonyl (C=O) groups is 1. The average Bonchev–Trinajstić information content (AvgIpc) is 3.30. The Morgan fingerprint density at radius 1 is 1.08 bits per heavy atom. The van der Waals surface area contributed by atoms with Crippen LogP contribution in [0.15, 0.2) is 66.9 Å². The molecule has 9 nitrogen and oxygen atoms in total. The number of hydrogen-bond donors (Lipinski definition) is 1.